The molecule has 0 saturated carbocycles. The number of nitrogens with zero attached hydrogens (tertiary/aromatic N) is 3. The first-order valence-electron chi connectivity index (χ1n) is 4.89. The molecule has 1 unspecified atom stereocenters. The summed E-state index contributed by atoms with van der Waals surface area (Å²) in [6.45, 7) is 1.98. The van der Waals surface area contributed by atoms with Crippen LogP contribution in [0.5, 0.6) is 0 Å². The van der Waals surface area contributed by atoms with E-state index >= 15 is 0 Å². The predicted molar refractivity (Wildman–Crippen MR) is 65.6 cm³/mol. The average molecular weight is 306 g/mol. The Morgan fingerprint density at radius 3 is 2.59 bits per heavy atom. The Morgan fingerprint density at radius 2 is 2.12 bits per heavy atom. The average Bonchev–Trinajstić information content (AvgIpc) is 2.28. The van der Waals surface area contributed by atoms with Gasteiger partial charge in [0.2, 0.25) is 0 Å². The van der Waals surface area contributed by atoms with E-state index in [1.54, 1.807) is 0 Å². The molecule has 0 N–H and O–H groups in total. The topological polar surface area (TPSA) is 87.1 Å². The Balaban J connectivity index is 3.43. The quantitative estimate of drug-likeness (QED) is 0.460. The minimum Gasteiger partial charge on any atom is -0.297 e. The molecule has 0 saturated heterocycles. The van der Waals surface area contributed by atoms with Gasteiger partial charge in [-0.3, -0.25) is 24.0 Å². The molecule has 0 spiro atoms. The molecule has 1 atom stereocenters. The first-order valence-corrected chi connectivity index (χ1v) is 6.01. The third-order valence-electron chi connectivity index (χ3n) is 2.27. The smallest absolute Gasteiger partial charge is 0.297 e. The van der Waals surface area contributed by atoms with Gasteiger partial charge >= 0.3 is 16.9 Å². The zero-order chi connectivity index (χ0) is 13.2. The number of aromatic nitrogens is 2. The summed E-state index contributed by atoms with van der Waals surface area (Å²) in [5.74, 6) is 0.0300. The van der Waals surface area contributed by atoms with Gasteiger partial charge in [-0.25, -0.2) is 4.79 Å². The second-order valence-corrected chi connectivity index (χ2v) is 4.49. The van der Waals surface area contributed by atoms with E-state index in [2.05, 4.69) is 15.9 Å². The van der Waals surface area contributed by atoms with Crippen LogP contribution in [0.3, 0.4) is 0 Å². The monoisotopic (exact) mass is 305 g/mol. The molecular weight excluding hydrogens is 294 g/mol. The highest BCUT2D eigenvalue weighted by Crippen LogP contribution is 2.04. The summed E-state index contributed by atoms with van der Waals surface area (Å²) >= 11 is 3.23. The second kappa shape index (κ2) is 5.26. The van der Waals surface area contributed by atoms with Crippen LogP contribution in [0, 0.1) is 16.0 Å². The van der Waals surface area contributed by atoms with Crippen LogP contribution in [0.25, 0.3) is 0 Å². The van der Waals surface area contributed by atoms with E-state index in [-0.39, 0.29) is 12.5 Å². The summed E-state index contributed by atoms with van der Waals surface area (Å²) in [7, 11) is 1.38. The van der Waals surface area contributed by atoms with Crippen molar-refractivity contribution in [2.75, 3.05) is 5.33 Å². The molecule has 1 aromatic rings. The molecule has 7 nitrogen and oxygen atoms in total. The largest absolute Gasteiger partial charge is 0.350 e. The Hall–Kier alpha value is -1.44. The molecule has 17 heavy (non-hydrogen) atoms. The van der Waals surface area contributed by atoms with Crippen molar-refractivity contribution in [2.45, 2.75) is 13.5 Å². The van der Waals surface area contributed by atoms with Gasteiger partial charge in [0.25, 0.3) is 0 Å². The highest BCUT2D eigenvalue weighted by molar-refractivity contribution is 9.09. The minimum atomic E-state index is -0.856. The molecule has 0 aliphatic carbocycles. The lowest BCUT2D eigenvalue weighted by Gasteiger charge is -2.10. The summed E-state index contributed by atoms with van der Waals surface area (Å²) < 4.78 is 1.94. The number of nitro groups is 1. The van der Waals surface area contributed by atoms with Crippen LogP contribution in [0.15, 0.2) is 15.8 Å². The van der Waals surface area contributed by atoms with Gasteiger partial charge in [0.15, 0.2) is 0 Å². The predicted octanol–water partition coefficient (Wildman–Crippen LogP) is 0.486. The fourth-order valence-corrected chi connectivity index (χ4v) is 1.56. The van der Waals surface area contributed by atoms with Crippen molar-refractivity contribution in [3.8, 4) is 0 Å². The van der Waals surface area contributed by atoms with Gasteiger partial charge in [0, 0.05) is 18.9 Å². The van der Waals surface area contributed by atoms with Crippen LogP contribution in [0.1, 0.15) is 6.92 Å². The number of rotatable bonds is 4. The van der Waals surface area contributed by atoms with E-state index in [1.807, 2.05) is 6.92 Å². The van der Waals surface area contributed by atoms with Crippen molar-refractivity contribution in [2.24, 2.45) is 13.0 Å². The highest BCUT2D eigenvalue weighted by atomic mass is 79.9. The van der Waals surface area contributed by atoms with Crippen LogP contribution >= 0.6 is 15.9 Å². The van der Waals surface area contributed by atoms with Crippen LogP contribution in [-0.2, 0) is 13.6 Å². The van der Waals surface area contributed by atoms with Gasteiger partial charge in [-0.2, -0.15) is 0 Å². The summed E-state index contributed by atoms with van der Waals surface area (Å²) in [6.07, 6.45) is 0.944. The third-order valence-corrected chi connectivity index (χ3v) is 3.37. The highest BCUT2D eigenvalue weighted by Gasteiger charge is 2.19. The van der Waals surface area contributed by atoms with E-state index < -0.39 is 21.9 Å². The van der Waals surface area contributed by atoms with Crippen molar-refractivity contribution >= 4 is 21.6 Å². The SMILES string of the molecule is CC(CBr)Cn1c(=O)c([N+](=O)[O-])cn(C)c1=O. The molecule has 0 radical (unpaired) electrons. The molecule has 0 amide bonds. The molecule has 0 aromatic carbocycles. The lowest BCUT2D eigenvalue weighted by Crippen LogP contribution is -2.40. The second-order valence-electron chi connectivity index (χ2n) is 3.84. The van der Waals surface area contributed by atoms with Crippen molar-refractivity contribution in [3.05, 3.63) is 37.1 Å². The van der Waals surface area contributed by atoms with Crippen molar-refractivity contribution in [3.63, 3.8) is 0 Å². The first kappa shape index (κ1) is 13.6. The Bertz CT molecular complexity index is 548. The maximum absolute atomic E-state index is 11.7. The Morgan fingerprint density at radius 1 is 1.53 bits per heavy atom. The molecule has 0 bridgehead atoms. The molecule has 1 heterocycles. The van der Waals surface area contributed by atoms with Crippen LogP contribution in [0.4, 0.5) is 5.69 Å². The molecule has 8 heteroatoms. The van der Waals surface area contributed by atoms with Crippen molar-refractivity contribution in [1.29, 1.82) is 0 Å². The number of hydrogen-bond donors (Lipinski definition) is 0. The van der Waals surface area contributed by atoms with Crippen LogP contribution < -0.4 is 11.2 Å². The van der Waals surface area contributed by atoms with E-state index in [9.17, 15) is 19.7 Å². The summed E-state index contributed by atoms with van der Waals surface area (Å²) in [5.41, 5.74) is -1.99. The Labute approximate surface area is 105 Å². The zero-order valence-electron chi connectivity index (χ0n) is 9.42. The van der Waals surface area contributed by atoms with E-state index in [4.69, 9.17) is 0 Å². The summed E-state index contributed by atoms with van der Waals surface area (Å²) in [6, 6.07) is 0. The number of halogens is 1. The first-order chi connectivity index (χ1) is 7.88. The zero-order valence-corrected chi connectivity index (χ0v) is 11.0. The van der Waals surface area contributed by atoms with Crippen LogP contribution in [-0.4, -0.2) is 19.4 Å². The summed E-state index contributed by atoms with van der Waals surface area (Å²) in [4.78, 5) is 33.3. The van der Waals surface area contributed by atoms with E-state index in [0.717, 1.165) is 15.3 Å². The molecule has 1 aromatic heterocycles. The normalized spacial score (nSPS) is 12.4. The molecular formula is C9H12BrN3O4. The van der Waals surface area contributed by atoms with Gasteiger partial charge in [-0.15, -0.1) is 0 Å². The number of alkyl halides is 1. The van der Waals surface area contributed by atoms with Gasteiger partial charge in [0.1, 0.15) is 0 Å². The van der Waals surface area contributed by atoms with Crippen LogP contribution in [0.2, 0.25) is 0 Å². The number of aryl methyl sites for hydroxylation is 1. The van der Waals surface area contributed by atoms with Gasteiger partial charge in [-0.1, -0.05) is 22.9 Å². The van der Waals surface area contributed by atoms with Gasteiger partial charge in [-0.05, 0) is 5.92 Å². The molecule has 0 aliphatic heterocycles. The third kappa shape index (κ3) is 2.82. The molecule has 1 rings (SSSR count). The summed E-state index contributed by atoms with van der Waals surface area (Å²) in [5, 5.41) is 11.3. The standard InChI is InChI=1S/C9H12BrN3O4/c1-6(3-10)4-12-8(14)7(13(16)17)5-11(2)9(12)15/h5-6H,3-4H2,1-2H3. The molecule has 0 fully saturated rings. The van der Waals surface area contributed by atoms with Crippen molar-refractivity contribution < 1.29 is 4.92 Å². The maximum Gasteiger partial charge on any atom is 0.350 e. The van der Waals surface area contributed by atoms with E-state index in [0.29, 0.717) is 5.33 Å². The molecule has 0 aliphatic rings. The Kier molecular flexibility index (Phi) is 4.22. The van der Waals surface area contributed by atoms with Crippen molar-refractivity contribution in [1.82, 2.24) is 9.13 Å². The lowest BCUT2D eigenvalue weighted by molar-refractivity contribution is -0.387. The van der Waals surface area contributed by atoms with Gasteiger partial charge < -0.3 is 0 Å². The number of hydrogen-bond acceptors (Lipinski definition) is 4. The molecule has 94 valence electrons. The fourth-order valence-electron chi connectivity index (χ4n) is 1.36. The van der Waals surface area contributed by atoms with Gasteiger partial charge in [0.05, 0.1) is 11.1 Å². The maximum atomic E-state index is 11.7. The van der Waals surface area contributed by atoms with E-state index in [1.165, 1.54) is 7.05 Å². The lowest BCUT2D eigenvalue weighted by atomic mass is 10.2. The fraction of sp³-hybridized carbons (Fsp3) is 0.556. The minimum absolute atomic E-state index is 0.0300.